The summed E-state index contributed by atoms with van der Waals surface area (Å²) in [5, 5.41) is 0.760. The van der Waals surface area contributed by atoms with Crippen LogP contribution in [0.4, 0.5) is 5.69 Å². The first-order valence-electron chi connectivity index (χ1n) is 8.80. The minimum Gasteiger partial charge on any atom is -0.368 e. The third-order valence-corrected chi connectivity index (χ3v) is 5.45. The zero-order valence-electron chi connectivity index (χ0n) is 15.3. The third-order valence-electron chi connectivity index (χ3n) is 5.13. The number of hydrogen-bond donors (Lipinski definition) is 0. The van der Waals surface area contributed by atoms with Crippen molar-refractivity contribution in [3.63, 3.8) is 0 Å². The number of rotatable bonds is 3. The summed E-state index contributed by atoms with van der Waals surface area (Å²) in [6.45, 7) is 3.95. The maximum atomic E-state index is 12.5. The number of para-hydroxylation sites is 1. The van der Waals surface area contributed by atoms with Gasteiger partial charge in [0.15, 0.2) is 11.2 Å². The molecule has 2 aromatic heterocycles. The maximum absolute atomic E-state index is 12.5. The Labute approximate surface area is 160 Å². The van der Waals surface area contributed by atoms with Crippen molar-refractivity contribution in [2.45, 2.75) is 6.67 Å². The molecule has 0 atom stereocenters. The molecule has 1 aliphatic rings. The van der Waals surface area contributed by atoms with Crippen LogP contribution in [-0.2, 0) is 20.8 Å². The lowest BCUT2D eigenvalue weighted by molar-refractivity contribution is 0.208. The molecule has 0 spiro atoms. The lowest BCUT2D eigenvalue weighted by Gasteiger charge is -2.36. The molecule has 0 bridgehead atoms. The van der Waals surface area contributed by atoms with Crippen molar-refractivity contribution in [2.75, 3.05) is 31.1 Å². The quantitative estimate of drug-likeness (QED) is 0.666. The van der Waals surface area contributed by atoms with E-state index in [1.54, 1.807) is 13.4 Å². The van der Waals surface area contributed by atoms with Crippen LogP contribution in [0.2, 0.25) is 5.02 Å². The molecule has 1 fully saturated rings. The molecule has 8 nitrogen and oxygen atoms in total. The Hall–Kier alpha value is -2.58. The average Bonchev–Trinajstić information content (AvgIpc) is 3.09. The van der Waals surface area contributed by atoms with Crippen LogP contribution in [0.3, 0.4) is 0 Å². The number of benzene rings is 1. The summed E-state index contributed by atoms with van der Waals surface area (Å²) < 4.78 is 4.35. The molecule has 1 aromatic carbocycles. The first-order chi connectivity index (χ1) is 13.0. The summed E-state index contributed by atoms with van der Waals surface area (Å²) in [6.07, 6.45) is 1.63. The van der Waals surface area contributed by atoms with E-state index in [4.69, 9.17) is 11.6 Å². The highest BCUT2D eigenvalue weighted by Gasteiger charge is 2.21. The number of imidazole rings is 1. The molecule has 1 aliphatic heterocycles. The summed E-state index contributed by atoms with van der Waals surface area (Å²) in [5.41, 5.74) is 1.23. The summed E-state index contributed by atoms with van der Waals surface area (Å²) in [7, 11) is 3.12. The molecule has 4 rings (SSSR count). The van der Waals surface area contributed by atoms with E-state index in [9.17, 15) is 9.59 Å². The van der Waals surface area contributed by atoms with Gasteiger partial charge >= 0.3 is 5.69 Å². The van der Waals surface area contributed by atoms with Crippen molar-refractivity contribution >= 4 is 28.5 Å². The minimum atomic E-state index is -0.369. The zero-order valence-corrected chi connectivity index (χ0v) is 16.1. The van der Waals surface area contributed by atoms with Gasteiger partial charge in [-0.3, -0.25) is 18.8 Å². The van der Waals surface area contributed by atoms with Gasteiger partial charge in [0.25, 0.3) is 5.56 Å². The molecule has 142 valence electrons. The van der Waals surface area contributed by atoms with E-state index in [1.807, 2.05) is 28.8 Å². The molecule has 0 unspecified atom stereocenters. The van der Waals surface area contributed by atoms with Crippen LogP contribution in [0.25, 0.3) is 11.2 Å². The van der Waals surface area contributed by atoms with E-state index >= 15 is 0 Å². The Kier molecular flexibility index (Phi) is 4.53. The Morgan fingerprint density at radius 2 is 1.74 bits per heavy atom. The predicted octanol–water partition coefficient (Wildman–Crippen LogP) is 0.867. The molecule has 9 heteroatoms. The summed E-state index contributed by atoms with van der Waals surface area (Å²) in [5.74, 6) is 0. The molecule has 0 amide bonds. The predicted molar refractivity (Wildman–Crippen MR) is 105 cm³/mol. The third kappa shape index (κ3) is 3.04. The van der Waals surface area contributed by atoms with Gasteiger partial charge in [-0.1, -0.05) is 23.7 Å². The van der Waals surface area contributed by atoms with Gasteiger partial charge in [-0.25, -0.2) is 9.78 Å². The van der Waals surface area contributed by atoms with Gasteiger partial charge in [-0.05, 0) is 12.1 Å². The Morgan fingerprint density at radius 1 is 1.04 bits per heavy atom. The van der Waals surface area contributed by atoms with Crippen molar-refractivity contribution in [1.82, 2.24) is 23.6 Å². The van der Waals surface area contributed by atoms with Gasteiger partial charge in [-0.15, -0.1) is 0 Å². The van der Waals surface area contributed by atoms with Crippen LogP contribution in [0.15, 0.2) is 40.2 Å². The van der Waals surface area contributed by atoms with Gasteiger partial charge in [0.1, 0.15) is 0 Å². The highest BCUT2D eigenvalue weighted by Crippen LogP contribution is 2.26. The normalized spacial score (nSPS) is 15.6. The molecule has 0 N–H and O–H groups in total. The monoisotopic (exact) mass is 388 g/mol. The molecule has 3 aromatic rings. The van der Waals surface area contributed by atoms with E-state index in [2.05, 4.69) is 14.8 Å². The summed E-state index contributed by atoms with van der Waals surface area (Å²) in [4.78, 5) is 33.4. The van der Waals surface area contributed by atoms with Crippen LogP contribution in [0, 0.1) is 0 Å². The molecule has 27 heavy (non-hydrogen) atoms. The molecule has 0 radical (unpaired) electrons. The second-order valence-electron chi connectivity index (χ2n) is 6.79. The lowest BCUT2D eigenvalue weighted by atomic mass is 10.2. The number of fused-ring (bicyclic) bond motifs is 1. The number of aromatic nitrogens is 4. The molecular formula is C18H21ClN6O2. The van der Waals surface area contributed by atoms with E-state index in [0.29, 0.717) is 17.8 Å². The lowest BCUT2D eigenvalue weighted by Crippen LogP contribution is -2.47. The summed E-state index contributed by atoms with van der Waals surface area (Å²) in [6, 6.07) is 7.86. The zero-order chi connectivity index (χ0) is 19.1. The number of aryl methyl sites for hydroxylation is 1. The van der Waals surface area contributed by atoms with Crippen molar-refractivity contribution < 1.29 is 0 Å². The minimum absolute atomic E-state index is 0.319. The van der Waals surface area contributed by atoms with Gasteiger partial charge in [0.2, 0.25) is 0 Å². The van der Waals surface area contributed by atoms with E-state index < -0.39 is 0 Å². The summed E-state index contributed by atoms with van der Waals surface area (Å²) >= 11 is 6.30. The average molecular weight is 389 g/mol. The second-order valence-corrected chi connectivity index (χ2v) is 7.20. The molecule has 0 aliphatic carbocycles. The Bertz CT molecular complexity index is 1110. The second kappa shape index (κ2) is 6.86. The number of anilines is 1. The van der Waals surface area contributed by atoms with E-state index in [-0.39, 0.29) is 11.2 Å². The van der Waals surface area contributed by atoms with Gasteiger partial charge in [-0.2, -0.15) is 0 Å². The molecule has 0 saturated carbocycles. The maximum Gasteiger partial charge on any atom is 0.332 e. The topological polar surface area (TPSA) is 68.3 Å². The Morgan fingerprint density at radius 3 is 2.44 bits per heavy atom. The van der Waals surface area contributed by atoms with E-state index in [1.165, 1.54) is 11.6 Å². The molecule has 3 heterocycles. The fourth-order valence-electron chi connectivity index (χ4n) is 3.56. The highest BCUT2D eigenvalue weighted by molar-refractivity contribution is 6.33. The largest absolute Gasteiger partial charge is 0.368 e. The van der Waals surface area contributed by atoms with Crippen molar-refractivity contribution in [3.05, 3.63) is 56.5 Å². The van der Waals surface area contributed by atoms with Crippen molar-refractivity contribution in [3.8, 4) is 0 Å². The van der Waals surface area contributed by atoms with Crippen LogP contribution in [-0.4, -0.2) is 49.8 Å². The van der Waals surface area contributed by atoms with E-state index in [0.717, 1.165) is 41.5 Å². The standard InChI is InChI=1S/C18H21ClN6O2/c1-21-16-15(17(26)22(2)18(21)27)25(11-20-16)12-23-7-9-24(10-8-23)14-6-4-3-5-13(14)19/h3-6,11H,7-10,12H2,1-2H3. The van der Waals surface area contributed by atoms with Crippen molar-refractivity contribution in [2.24, 2.45) is 14.1 Å². The van der Waals surface area contributed by atoms with Crippen LogP contribution < -0.4 is 16.1 Å². The van der Waals surface area contributed by atoms with Crippen LogP contribution in [0.1, 0.15) is 0 Å². The number of hydrogen-bond acceptors (Lipinski definition) is 5. The SMILES string of the molecule is Cn1c(=O)c2c(ncn2CN2CCN(c3ccccc3Cl)CC2)n(C)c1=O. The number of nitrogens with zero attached hydrogens (tertiary/aromatic N) is 6. The molecule has 1 saturated heterocycles. The molecular weight excluding hydrogens is 368 g/mol. The van der Waals surface area contributed by atoms with Gasteiger partial charge in [0, 0.05) is 40.3 Å². The number of halogens is 1. The number of piperazine rings is 1. The first kappa shape index (κ1) is 17.8. The van der Waals surface area contributed by atoms with Gasteiger partial charge in [0.05, 0.1) is 23.7 Å². The van der Waals surface area contributed by atoms with Crippen LogP contribution >= 0.6 is 11.6 Å². The van der Waals surface area contributed by atoms with Gasteiger partial charge < -0.3 is 9.47 Å². The highest BCUT2D eigenvalue weighted by atomic mass is 35.5. The Balaban J connectivity index is 1.54. The fourth-order valence-corrected chi connectivity index (χ4v) is 3.81. The fraction of sp³-hybridized carbons (Fsp3) is 0.389. The first-order valence-corrected chi connectivity index (χ1v) is 9.18. The smallest absolute Gasteiger partial charge is 0.332 e. The van der Waals surface area contributed by atoms with Crippen molar-refractivity contribution in [1.29, 1.82) is 0 Å². The van der Waals surface area contributed by atoms with Crippen LogP contribution in [0.5, 0.6) is 0 Å².